The molecule has 3 rings (SSSR count). The summed E-state index contributed by atoms with van der Waals surface area (Å²) in [5.74, 6) is 1.14. The Hall–Kier alpha value is -2.12. The second-order valence-electron chi connectivity index (χ2n) is 5.11. The first kappa shape index (κ1) is 15.8. The average molecular weight is 338 g/mol. The third-order valence-corrected chi connectivity index (χ3v) is 3.80. The van der Waals surface area contributed by atoms with E-state index >= 15 is 0 Å². The van der Waals surface area contributed by atoms with Gasteiger partial charge >= 0.3 is 0 Å². The van der Waals surface area contributed by atoms with Gasteiger partial charge in [0.25, 0.3) is 5.91 Å². The van der Waals surface area contributed by atoms with Crippen molar-refractivity contribution in [3.63, 3.8) is 0 Å². The molecule has 0 saturated carbocycles. The zero-order valence-corrected chi connectivity index (χ0v) is 13.5. The van der Waals surface area contributed by atoms with E-state index in [1.807, 2.05) is 0 Å². The van der Waals surface area contributed by atoms with Crippen molar-refractivity contribution in [3.8, 4) is 5.75 Å². The third kappa shape index (κ3) is 3.30. The van der Waals surface area contributed by atoms with Crippen LogP contribution in [0.2, 0.25) is 5.02 Å². The summed E-state index contributed by atoms with van der Waals surface area (Å²) in [4.78, 5) is 14.4. The summed E-state index contributed by atoms with van der Waals surface area (Å²) in [6.07, 6.45) is -0.424. The minimum Gasteiger partial charge on any atom is -0.496 e. The number of nitrogens with zero attached hydrogens (tertiary/aromatic N) is 3. The minimum absolute atomic E-state index is 0.150. The molecule has 0 N–H and O–H groups in total. The zero-order chi connectivity index (χ0) is 16.4. The summed E-state index contributed by atoms with van der Waals surface area (Å²) in [7, 11) is 1.51. The van der Waals surface area contributed by atoms with Crippen LogP contribution in [0, 0.1) is 6.92 Å². The van der Waals surface area contributed by atoms with Crippen molar-refractivity contribution in [2.75, 3.05) is 26.8 Å². The maximum atomic E-state index is 12.8. The summed E-state index contributed by atoms with van der Waals surface area (Å²) < 4.78 is 16.3. The predicted octanol–water partition coefficient (Wildman–Crippen LogP) is 2.25. The molecular weight excluding hydrogens is 322 g/mol. The Morgan fingerprint density at radius 2 is 2.26 bits per heavy atom. The highest BCUT2D eigenvalue weighted by molar-refractivity contribution is 6.30. The van der Waals surface area contributed by atoms with Crippen LogP contribution in [-0.2, 0) is 4.74 Å². The van der Waals surface area contributed by atoms with Crippen molar-refractivity contribution in [3.05, 3.63) is 40.6 Å². The number of morpholine rings is 1. The molecule has 0 radical (unpaired) electrons. The molecule has 122 valence electrons. The Morgan fingerprint density at radius 1 is 1.43 bits per heavy atom. The highest BCUT2D eigenvalue weighted by Crippen LogP contribution is 2.27. The van der Waals surface area contributed by atoms with Gasteiger partial charge in [0, 0.05) is 18.5 Å². The molecular formula is C15H16ClN3O4. The lowest BCUT2D eigenvalue weighted by Crippen LogP contribution is -2.42. The van der Waals surface area contributed by atoms with Crippen molar-refractivity contribution in [2.45, 2.75) is 13.0 Å². The maximum Gasteiger partial charge on any atom is 0.257 e. The van der Waals surface area contributed by atoms with E-state index in [9.17, 15) is 4.79 Å². The molecule has 0 spiro atoms. The molecule has 23 heavy (non-hydrogen) atoms. The maximum absolute atomic E-state index is 12.8. The molecule has 0 unspecified atom stereocenters. The lowest BCUT2D eigenvalue weighted by Gasteiger charge is -2.31. The van der Waals surface area contributed by atoms with Crippen molar-refractivity contribution >= 4 is 17.5 Å². The molecule has 1 atom stereocenters. The SMILES string of the molecule is COc1cc(Cl)ccc1C(=O)N1CCO[C@@H](c2nnc(C)o2)C1. The van der Waals surface area contributed by atoms with Crippen molar-refractivity contribution < 1.29 is 18.7 Å². The Bertz CT molecular complexity index is 718. The van der Waals surface area contributed by atoms with Crippen LogP contribution in [0.15, 0.2) is 22.6 Å². The molecule has 1 aromatic carbocycles. The van der Waals surface area contributed by atoms with Gasteiger partial charge in [0.1, 0.15) is 5.75 Å². The van der Waals surface area contributed by atoms with E-state index in [-0.39, 0.29) is 5.91 Å². The molecule has 1 aliphatic rings. The summed E-state index contributed by atoms with van der Waals surface area (Å²) in [6, 6.07) is 4.94. The molecule has 0 aliphatic carbocycles. The Kier molecular flexibility index (Phi) is 4.49. The van der Waals surface area contributed by atoms with Gasteiger partial charge < -0.3 is 18.8 Å². The van der Waals surface area contributed by atoms with Crippen LogP contribution >= 0.6 is 11.6 Å². The summed E-state index contributed by atoms with van der Waals surface area (Å²) >= 11 is 5.94. The van der Waals surface area contributed by atoms with Crippen LogP contribution in [0.3, 0.4) is 0 Å². The smallest absolute Gasteiger partial charge is 0.257 e. The fourth-order valence-corrected chi connectivity index (χ4v) is 2.60. The van der Waals surface area contributed by atoms with Crippen molar-refractivity contribution in [1.29, 1.82) is 0 Å². The standard InChI is InChI=1S/C15H16ClN3O4/c1-9-17-18-14(23-9)13-8-19(5-6-22-13)15(20)11-4-3-10(16)7-12(11)21-2/h3-4,7,13H,5-6,8H2,1-2H3/t13-/m1/s1. The number of benzene rings is 1. The lowest BCUT2D eigenvalue weighted by molar-refractivity contribution is -0.0350. The average Bonchev–Trinajstić information content (AvgIpc) is 3.01. The number of aryl methyl sites for hydroxylation is 1. The topological polar surface area (TPSA) is 77.7 Å². The fourth-order valence-electron chi connectivity index (χ4n) is 2.44. The Labute approximate surface area is 138 Å². The second-order valence-corrected chi connectivity index (χ2v) is 5.55. The first-order valence-corrected chi connectivity index (χ1v) is 7.50. The molecule has 1 fully saturated rings. The Balaban J connectivity index is 1.79. The van der Waals surface area contributed by atoms with Crippen LogP contribution in [0.4, 0.5) is 0 Å². The van der Waals surface area contributed by atoms with Crippen LogP contribution in [0.25, 0.3) is 0 Å². The number of carbonyl (C=O) groups is 1. The third-order valence-electron chi connectivity index (χ3n) is 3.56. The largest absolute Gasteiger partial charge is 0.496 e. The van der Waals surface area contributed by atoms with Gasteiger partial charge in [-0.25, -0.2) is 0 Å². The molecule has 1 aromatic heterocycles. The normalized spacial score (nSPS) is 18.0. The molecule has 1 saturated heterocycles. The number of aromatic nitrogens is 2. The number of hydrogen-bond donors (Lipinski definition) is 0. The predicted molar refractivity (Wildman–Crippen MR) is 81.6 cm³/mol. The number of methoxy groups -OCH3 is 1. The van der Waals surface area contributed by atoms with Crippen LogP contribution in [0.5, 0.6) is 5.75 Å². The molecule has 2 aromatic rings. The quantitative estimate of drug-likeness (QED) is 0.855. The molecule has 1 aliphatic heterocycles. The van der Waals surface area contributed by atoms with Crippen molar-refractivity contribution in [1.82, 2.24) is 15.1 Å². The highest BCUT2D eigenvalue weighted by Gasteiger charge is 2.30. The molecule has 2 heterocycles. The van der Waals surface area contributed by atoms with Gasteiger partial charge in [-0.2, -0.15) is 0 Å². The molecule has 7 nitrogen and oxygen atoms in total. The number of halogens is 1. The van der Waals surface area contributed by atoms with E-state index in [1.54, 1.807) is 30.0 Å². The van der Waals surface area contributed by atoms with Gasteiger partial charge in [0.05, 0.1) is 25.8 Å². The highest BCUT2D eigenvalue weighted by atomic mass is 35.5. The monoisotopic (exact) mass is 337 g/mol. The van der Waals surface area contributed by atoms with Crippen LogP contribution in [-0.4, -0.2) is 47.8 Å². The lowest BCUT2D eigenvalue weighted by atomic mass is 10.1. The second kappa shape index (κ2) is 6.55. The van der Waals surface area contributed by atoms with Gasteiger partial charge in [0.15, 0.2) is 6.10 Å². The number of amides is 1. The first-order valence-electron chi connectivity index (χ1n) is 7.13. The summed E-state index contributed by atoms with van der Waals surface area (Å²) in [5, 5.41) is 8.27. The molecule has 1 amide bonds. The summed E-state index contributed by atoms with van der Waals surface area (Å²) in [5.41, 5.74) is 0.458. The van der Waals surface area contributed by atoms with E-state index in [2.05, 4.69) is 10.2 Å². The minimum atomic E-state index is -0.424. The fraction of sp³-hybridized carbons (Fsp3) is 0.400. The molecule has 0 bridgehead atoms. The summed E-state index contributed by atoms with van der Waals surface area (Å²) in [6.45, 7) is 2.93. The first-order chi connectivity index (χ1) is 11.1. The van der Waals surface area contributed by atoms with Gasteiger partial charge in [-0.3, -0.25) is 4.79 Å². The Morgan fingerprint density at radius 3 is 2.96 bits per heavy atom. The number of ether oxygens (including phenoxy) is 2. The number of rotatable bonds is 3. The van der Waals surface area contributed by atoms with E-state index < -0.39 is 6.10 Å². The van der Waals surface area contributed by atoms with Gasteiger partial charge in [0.2, 0.25) is 11.8 Å². The van der Waals surface area contributed by atoms with Crippen molar-refractivity contribution in [2.24, 2.45) is 0 Å². The van der Waals surface area contributed by atoms with Crippen LogP contribution in [0.1, 0.15) is 28.2 Å². The van der Waals surface area contributed by atoms with E-state index in [4.69, 9.17) is 25.5 Å². The van der Waals surface area contributed by atoms with E-state index in [0.717, 1.165) is 0 Å². The number of hydrogen-bond acceptors (Lipinski definition) is 6. The zero-order valence-electron chi connectivity index (χ0n) is 12.8. The van der Waals surface area contributed by atoms with E-state index in [1.165, 1.54) is 7.11 Å². The van der Waals surface area contributed by atoms with Gasteiger partial charge in [-0.1, -0.05) is 11.6 Å². The van der Waals surface area contributed by atoms with E-state index in [0.29, 0.717) is 47.8 Å². The molecule has 8 heteroatoms. The van der Waals surface area contributed by atoms with Gasteiger partial charge in [-0.15, -0.1) is 10.2 Å². The van der Waals surface area contributed by atoms with Gasteiger partial charge in [-0.05, 0) is 18.2 Å². The number of carbonyl (C=O) groups excluding carboxylic acids is 1. The van der Waals surface area contributed by atoms with Crippen LogP contribution < -0.4 is 4.74 Å².